The fraction of sp³-hybridized carbons (Fsp3) is 0.421. The van der Waals surface area contributed by atoms with Crippen molar-refractivity contribution in [1.29, 1.82) is 0 Å². The molecule has 3 N–H and O–H groups in total. The number of nitrogens with one attached hydrogen (secondary N) is 2. The van der Waals surface area contributed by atoms with Gasteiger partial charge >= 0.3 is 0 Å². The summed E-state index contributed by atoms with van der Waals surface area (Å²) in [6, 6.07) is 9.20. The average molecular weight is 372 g/mol. The standard InChI is InChI=1S/C19H24N4O4/c1-2-9-27-17-6-4-3-5-13(17)7-8-20-18(25)15-10-16-19(26)21-11-14(24)12-23(16)22-15/h3-6,10,14,24H,2,7-9,11-12H2,1H3,(H,20,25)(H,21,26). The van der Waals surface area contributed by atoms with Gasteiger partial charge in [-0.15, -0.1) is 0 Å². The number of hydrogen-bond acceptors (Lipinski definition) is 5. The summed E-state index contributed by atoms with van der Waals surface area (Å²) in [5.74, 6) is 0.123. The molecule has 0 fully saturated rings. The molecule has 0 spiro atoms. The number of aliphatic hydroxyl groups is 1. The van der Waals surface area contributed by atoms with E-state index in [0.29, 0.717) is 19.6 Å². The highest BCUT2D eigenvalue weighted by Gasteiger charge is 2.24. The van der Waals surface area contributed by atoms with Crippen molar-refractivity contribution in [2.45, 2.75) is 32.4 Å². The molecule has 1 unspecified atom stereocenters. The summed E-state index contributed by atoms with van der Waals surface area (Å²) >= 11 is 0. The predicted molar refractivity (Wildman–Crippen MR) is 98.8 cm³/mol. The Hall–Kier alpha value is -2.87. The Morgan fingerprint density at radius 1 is 1.44 bits per heavy atom. The van der Waals surface area contributed by atoms with Crippen molar-refractivity contribution in [3.63, 3.8) is 0 Å². The van der Waals surface area contributed by atoms with Gasteiger partial charge in [-0.25, -0.2) is 0 Å². The Bertz CT molecular complexity index is 818. The summed E-state index contributed by atoms with van der Waals surface area (Å²) in [6.07, 6.45) is 0.821. The molecule has 0 saturated heterocycles. The number of aromatic nitrogens is 2. The van der Waals surface area contributed by atoms with Gasteiger partial charge < -0.3 is 20.5 Å². The second kappa shape index (κ2) is 8.68. The van der Waals surface area contributed by atoms with E-state index in [0.717, 1.165) is 17.7 Å². The number of aliphatic hydroxyl groups excluding tert-OH is 1. The Morgan fingerprint density at radius 3 is 3.07 bits per heavy atom. The Kier molecular flexibility index (Phi) is 6.08. The van der Waals surface area contributed by atoms with Crippen LogP contribution in [0.25, 0.3) is 0 Å². The lowest BCUT2D eigenvalue weighted by atomic mass is 10.1. The van der Waals surface area contributed by atoms with E-state index in [1.54, 1.807) is 0 Å². The molecule has 1 aromatic heterocycles. The van der Waals surface area contributed by atoms with E-state index in [-0.39, 0.29) is 36.3 Å². The molecule has 2 aromatic rings. The van der Waals surface area contributed by atoms with E-state index in [9.17, 15) is 14.7 Å². The van der Waals surface area contributed by atoms with E-state index in [1.807, 2.05) is 24.3 Å². The average Bonchev–Trinajstić information content (AvgIpc) is 3.03. The first-order valence-electron chi connectivity index (χ1n) is 9.11. The molecule has 1 aliphatic heterocycles. The van der Waals surface area contributed by atoms with E-state index in [2.05, 4.69) is 22.7 Å². The molecular formula is C19H24N4O4. The predicted octanol–water partition coefficient (Wildman–Crippen LogP) is 0.749. The molecule has 144 valence electrons. The number of para-hydroxylation sites is 1. The zero-order valence-corrected chi connectivity index (χ0v) is 15.3. The summed E-state index contributed by atoms with van der Waals surface area (Å²) < 4.78 is 7.09. The van der Waals surface area contributed by atoms with E-state index in [1.165, 1.54) is 10.7 Å². The molecule has 1 aromatic carbocycles. The number of carbonyl (C=O) groups excluding carboxylic acids is 2. The maximum atomic E-state index is 12.4. The van der Waals surface area contributed by atoms with Crippen LogP contribution in [0, 0.1) is 0 Å². The molecule has 2 heterocycles. The first-order chi connectivity index (χ1) is 13.1. The van der Waals surface area contributed by atoms with E-state index >= 15 is 0 Å². The minimum absolute atomic E-state index is 0.157. The van der Waals surface area contributed by atoms with Crippen molar-refractivity contribution >= 4 is 11.8 Å². The number of amides is 2. The lowest BCUT2D eigenvalue weighted by molar-refractivity contribution is 0.0931. The molecule has 8 nitrogen and oxygen atoms in total. The number of benzene rings is 1. The Labute approximate surface area is 157 Å². The van der Waals surface area contributed by atoms with Crippen LogP contribution in [0.4, 0.5) is 0 Å². The van der Waals surface area contributed by atoms with Crippen LogP contribution < -0.4 is 15.4 Å². The number of fused-ring (bicyclic) bond motifs is 1. The van der Waals surface area contributed by atoms with Crippen LogP contribution >= 0.6 is 0 Å². The first kappa shape index (κ1) is 18.9. The van der Waals surface area contributed by atoms with Gasteiger partial charge in [-0.3, -0.25) is 14.3 Å². The van der Waals surface area contributed by atoms with Crippen molar-refractivity contribution < 1.29 is 19.4 Å². The minimum Gasteiger partial charge on any atom is -0.493 e. The molecule has 0 aliphatic carbocycles. The van der Waals surface area contributed by atoms with Crippen LogP contribution in [0.2, 0.25) is 0 Å². The number of carbonyl (C=O) groups is 2. The van der Waals surface area contributed by atoms with Gasteiger partial charge in [0.2, 0.25) is 0 Å². The van der Waals surface area contributed by atoms with Crippen molar-refractivity contribution in [3.05, 3.63) is 47.3 Å². The van der Waals surface area contributed by atoms with Gasteiger partial charge in [0.25, 0.3) is 11.8 Å². The van der Waals surface area contributed by atoms with E-state index in [4.69, 9.17) is 4.74 Å². The zero-order valence-electron chi connectivity index (χ0n) is 15.3. The third kappa shape index (κ3) is 4.65. The van der Waals surface area contributed by atoms with Crippen LogP contribution in [0.1, 0.15) is 39.9 Å². The van der Waals surface area contributed by atoms with Gasteiger partial charge in [0.15, 0.2) is 5.69 Å². The first-order valence-corrected chi connectivity index (χ1v) is 9.11. The summed E-state index contributed by atoms with van der Waals surface area (Å²) in [6.45, 7) is 3.46. The number of hydrogen-bond donors (Lipinski definition) is 3. The van der Waals surface area contributed by atoms with Crippen LogP contribution in [0.15, 0.2) is 30.3 Å². The largest absolute Gasteiger partial charge is 0.493 e. The van der Waals surface area contributed by atoms with Gasteiger partial charge in [0.05, 0.1) is 19.3 Å². The van der Waals surface area contributed by atoms with Gasteiger partial charge in [0.1, 0.15) is 11.4 Å². The molecule has 0 saturated carbocycles. The second-order valence-corrected chi connectivity index (χ2v) is 6.42. The number of ether oxygens (including phenoxy) is 1. The van der Waals surface area contributed by atoms with Crippen molar-refractivity contribution in [1.82, 2.24) is 20.4 Å². The van der Waals surface area contributed by atoms with Gasteiger partial charge in [-0.2, -0.15) is 5.10 Å². The van der Waals surface area contributed by atoms with Crippen molar-refractivity contribution in [2.24, 2.45) is 0 Å². The normalized spacial score (nSPS) is 16.2. The third-order valence-corrected chi connectivity index (χ3v) is 4.24. The molecule has 3 rings (SSSR count). The molecule has 1 aliphatic rings. The SMILES string of the molecule is CCCOc1ccccc1CCNC(=O)c1cc2n(n1)CC(O)CNC2=O. The van der Waals surface area contributed by atoms with Crippen LogP contribution in [-0.2, 0) is 13.0 Å². The monoisotopic (exact) mass is 372 g/mol. The summed E-state index contributed by atoms with van der Waals surface area (Å²) in [7, 11) is 0. The summed E-state index contributed by atoms with van der Waals surface area (Å²) in [5.41, 5.74) is 1.45. The highest BCUT2D eigenvalue weighted by Crippen LogP contribution is 2.18. The van der Waals surface area contributed by atoms with Gasteiger partial charge in [-0.1, -0.05) is 25.1 Å². The fourth-order valence-corrected chi connectivity index (χ4v) is 2.88. The fourth-order valence-electron chi connectivity index (χ4n) is 2.88. The highest BCUT2D eigenvalue weighted by molar-refractivity contribution is 5.98. The zero-order chi connectivity index (χ0) is 19.2. The Morgan fingerprint density at radius 2 is 2.26 bits per heavy atom. The van der Waals surface area contributed by atoms with Gasteiger partial charge in [-0.05, 0) is 24.5 Å². The lowest BCUT2D eigenvalue weighted by Crippen LogP contribution is -2.30. The Balaban J connectivity index is 1.60. The topological polar surface area (TPSA) is 105 Å². The second-order valence-electron chi connectivity index (χ2n) is 6.42. The molecule has 8 heteroatoms. The van der Waals surface area contributed by atoms with Crippen LogP contribution in [0.3, 0.4) is 0 Å². The van der Waals surface area contributed by atoms with E-state index < -0.39 is 6.10 Å². The number of rotatable bonds is 7. The molecule has 0 bridgehead atoms. The number of β-amino-alcohol motifs (C(OH)–C–C–N with tert-alkyl or cyclic N) is 1. The molecule has 0 radical (unpaired) electrons. The molecule has 1 atom stereocenters. The maximum absolute atomic E-state index is 12.4. The highest BCUT2D eigenvalue weighted by atomic mass is 16.5. The van der Waals surface area contributed by atoms with Gasteiger partial charge in [0, 0.05) is 19.2 Å². The maximum Gasteiger partial charge on any atom is 0.271 e. The molecule has 2 amide bonds. The van der Waals surface area contributed by atoms with Crippen molar-refractivity contribution in [3.8, 4) is 5.75 Å². The van der Waals surface area contributed by atoms with Crippen LogP contribution in [0.5, 0.6) is 5.75 Å². The quantitative estimate of drug-likeness (QED) is 0.665. The summed E-state index contributed by atoms with van der Waals surface area (Å²) in [5, 5.41) is 19.3. The minimum atomic E-state index is -0.731. The summed E-state index contributed by atoms with van der Waals surface area (Å²) in [4.78, 5) is 24.4. The van der Waals surface area contributed by atoms with Crippen LogP contribution in [-0.4, -0.2) is 52.5 Å². The van der Waals surface area contributed by atoms with Crippen molar-refractivity contribution in [2.75, 3.05) is 19.7 Å². The third-order valence-electron chi connectivity index (χ3n) is 4.24. The lowest BCUT2D eigenvalue weighted by Gasteiger charge is -2.11. The number of nitrogens with zero attached hydrogens (tertiary/aromatic N) is 2. The smallest absolute Gasteiger partial charge is 0.271 e. The molecule has 27 heavy (non-hydrogen) atoms. The molecular weight excluding hydrogens is 348 g/mol.